The van der Waals surface area contributed by atoms with Crippen molar-refractivity contribution in [3.05, 3.63) is 64.5 Å². The Labute approximate surface area is 124 Å². The van der Waals surface area contributed by atoms with Crippen molar-refractivity contribution in [1.29, 1.82) is 0 Å². The lowest BCUT2D eigenvalue weighted by Crippen LogP contribution is -2.09. The Morgan fingerprint density at radius 3 is 2.19 bits per heavy atom. The van der Waals surface area contributed by atoms with E-state index in [1.165, 1.54) is 12.1 Å². The largest absolute Gasteiger partial charge is 0.398 e. The van der Waals surface area contributed by atoms with Crippen molar-refractivity contribution in [3.8, 4) is 0 Å². The summed E-state index contributed by atoms with van der Waals surface area (Å²) in [5, 5.41) is 0. The molecule has 3 nitrogen and oxygen atoms in total. The Morgan fingerprint density at radius 1 is 1.00 bits per heavy atom. The van der Waals surface area contributed by atoms with E-state index in [9.17, 15) is 12.8 Å². The Bertz CT molecular complexity index is 750. The second-order valence-corrected chi connectivity index (χ2v) is 7.44. The zero-order valence-electron chi connectivity index (χ0n) is 12.1. The number of aryl methyl sites for hydroxylation is 2. The molecule has 2 N–H and O–H groups in total. The number of anilines is 1. The normalized spacial score (nSPS) is 11.6. The van der Waals surface area contributed by atoms with Crippen LogP contribution >= 0.6 is 0 Å². The summed E-state index contributed by atoms with van der Waals surface area (Å²) in [7, 11) is -3.36. The van der Waals surface area contributed by atoms with Crippen molar-refractivity contribution in [2.24, 2.45) is 0 Å². The lowest BCUT2D eigenvalue weighted by atomic mass is 10.1. The Morgan fingerprint density at radius 2 is 1.62 bits per heavy atom. The molecular formula is C16H18FNO2S. The third kappa shape index (κ3) is 4.29. The van der Waals surface area contributed by atoms with E-state index in [0.29, 0.717) is 5.56 Å². The highest BCUT2D eigenvalue weighted by molar-refractivity contribution is 7.89. The first kappa shape index (κ1) is 15.5. The molecule has 0 aliphatic heterocycles. The van der Waals surface area contributed by atoms with E-state index in [-0.39, 0.29) is 17.2 Å². The minimum absolute atomic E-state index is 0.0493. The SMILES string of the molecule is Cc1cc(C)cc(CS(=O)(=O)Cc2ccc(F)cc2N)c1. The van der Waals surface area contributed by atoms with Crippen molar-refractivity contribution in [1.82, 2.24) is 0 Å². The summed E-state index contributed by atoms with van der Waals surface area (Å²) in [6.07, 6.45) is 0. The van der Waals surface area contributed by atoms with Crippen LogP contribution in [0.25, 0.3) is 0 Å². The molecule has 0 heterocycles. The van der Waals surface area contributed by atoms with Crippen LogP contribution in [0.2, 0.25) is 0 Å². The van der Waals surface area contributed by atoms with Crippen LogP contribution in [0.15, 0.2) is 36.4 Å². The van der Waals surface area contributed by atoms with Gasteiger partial charge in [-0.05, 0) is 37.1 Å². The first-order chi connectivity index (χ1) is 9.75. The predicted octanol–water partition coefficient (Wildman–Crippen LogP) is 3.14. The number of nitrogen functional groups attached to an aromatic ring is 1. The van der Waals surface area contributed by atoms with Gasteiger partial charge in [0.1, 0.15) is 5.82 Å². The first-order valence-electron chi connectivity index (χ1n) is 6.57. The van der Waals surface area contributed by atoms with E-state index >= 15 is 0 Å². The lowest BCUT2D eigenvalue weighted by Gasteiger charge is -2.09. The summed E-state index contributed by atoms with van der Waals surface area (Å²) in [5.74, 6) is -0.707. The average Bonchev–Trinajstić information content (AvgIpc) is 2.30. The molecule has 0 spiro atoms. The van der Waals surface area contributed by atoms with E-state index < -0.39 is 15.7 Å². The van der Waals surface area contributed by atoms with E-state index in [1.54, 1.807) is 0 Å². The molecule has 0 unspecified atom stereocenters. The van der Waals surface area contributed by atoms with Crippen molar-refractivity contribution in [2.45, 2.75) is 25.4 Å². The van der Waals surface area contributed by atoms with Gasteiger partial charge >= 0.3 is 0 Å². The van der Waals surface area contributed by atoms with Gasteiger partial charge in [-0.25, -0.2) is 12.8 Å². The summed E-state index contributed by atoms with van der Waals surface area (Å²) in [6, 6.07) is 9.49. The van der Waals surface area contributed by atoms with E-state index in [2.05, 4.69) is 0 Å². The number of rotatable bonds is 4. The molecule has 0 aromatic heterocycles. The quantitative estimate of drug-likeness (QED) is 0.883. The second-order valence-electron chi connectivity index (χ2n) is 5.37. The first-order valence-corrected chi connectivity index (χ1v) is 8.39. The van der Waals surface area contributed by atoms with Crippen molar-refractivity contribution in [3.63, 3.8) is 0 Å². The van der Waals surface area contributed by atoms with Gasteiger partial charge in [0.15, 0.2) is 9.84 Å². The number of halogens is 1. The molecule has 2 aromatic rings. The van der Waals surface area contributed by atoms with Gasteiger partial charge in [0.2, 0.25) is 0 Å². The second kappa shape index (κ2) is 5.85. The smallest absolute Gasteiger partial charge is 0.158 e. The molecule has 0 saturated heterocycles. The van der Waals surface area contributed by atoms with Crippen LogP contribution in [0.1, 0.15) is 22.3 Å². The van der Waals surface area contributed by atoms with Crippen LogP contribution in [0.5, 0.6) is 0 Å². The third-order valence-corrected chi connectivity index (χ3v) is 4.68. The van der Waals surface area contributed by atoms with Gasteiger partial charge in [0.05, 0.1) is 11.5 Å². The molecule has 0 amide bonds. The van der Waals surface area contributed by atoms with Crippen molar-refractivity contribution >= 4 is 15.5 Å². The fourth-order valence-electron chi connectivity index (χ4n) is 2.39. The maximum Gasteiger partial charge on any atom is 0.158 e. The zero-order chi connectivity index (χ0) is 15.6. The van der Waals surface area contributed by atoms with Gasteiger partial charge in [0.25, 0.3) is 0 Å². The Kier molecular flexibility index (Phi) is 4.32. The molecule has 112 valence electrons. The van der Waals surface area contributed by atoms with Crippen LogP contribution in [-0.2, 0) is 21.3 Å². The molecule has 0 saturated carbocycles. The molecule has 21 heavy (non-hydrogen) atoms. The Balaban J connectivity index is 2.22. The van der Waals surface area contributed by atoms with Crippen molar-refractivity contribution in [2.75, 3.05) is 5.73 Å². The van der Waals surface area contributed by atoms with Crippen LogP contribution < -0.4 is 5.73 Å². The molecule has 0 atom stereocenters. The van der Waals surface area contributed by atoms with Gasteiger partial charge < -0.3 is 5.73 Å². The minimum Gasteiger partial charge on any atom is -0.398 e. The maximum atomic E-state index is 13.0. The highest BCUT2D eigenvalue weighted by Crippen LogP contribution is 2.20. The van der Waals surface area contributed by atoms with Crippen molar-refractivity contribution < 1.29 is 12.8 Å². The van der Waals surface area contributed by atoms with Crippen LogP contribution in [0.4, 0.5) is 10.1 Å². The summed E-state index contributed by atoms with van der Waals surface area (Å²) < 4.78 is 37.5. The summed E-state index contributed by atoms with van der Waals surface area (Å²) >= 11 is 0. The monoisotopic (exact) mass is 307 g/mol. The standard InChI is InChI=1S/C16H18FNO2S/c1-11-5-12(2)7-13(6-11)9-21(19,20)10-14-3-4-15(17)8-16(14)18/h3-8H,9-10,18H2,1-2H3. The number of benzene rings is 2. The molecule has 0 fully saturated rings. The minimum atomic E-state index is -3.36. The van der Waals surface area contributed by atoms with E-state index in [1.807, 2.05) is 32.0 Å². The number of hydrogen-bond donors (Lipinski definition) is 1. The third-order valence-electron chi connectivity index (χ3n) is 3.15. The molecule has 5 heteroatoms. The van der Waals surface area contributed by atoms with Crippen LogP contribution in [0.3, 0.4) is 0 Å². The molecular weight excluding hydrogens is 289 g/mol. The lowest BCUT2D eigenvalue weighted by molar-refractivity contribution is 0.594. The van der Waals surface area contributed by atoms with E-state index in [0.717, 1.165) is 22.8 Å². The molecule has 2 aromatic carbocycles. The zero-order valence-corrected chi connectivity index (χ0v) is 12.9. The van der Waals surface area contributed by atoms with Gasteiger partial charge in [-0.15, -0.1) is 0 Å². The van der Waals surface area contributed by atoms with Gasteiger partial charge in [0, 0.05) is 5.69 Å². The molecule has 0 aliphatic rings. The fourth-order valence-corrected chi connectivity index (χ4v) is 3.90. The number of nitrogens with two attached hydrogens (primary N) is 1. The van der Waals surface area contributed by atoms with Crippen LogP contribution in [-0.4, -0.2) is 8.42 Å². The fraction of sp³-hybridized carbons (Fsp3) is 0.250. The molecule has 0 bridgehead atoms. The van der Waals surface area contributed by atoms with Crippen LogP contribution in [0, 0.1) is 19.7 Å². The highest BCUT2D eigenvalue weighted by Gasteiger charge is 2.15. The van der Waals surface area contributed by atoms with E-state index in [4.69, 9.17) is 5.73 Å². The van der Waals surface area contributed by atoms with Gasteiger partial charge in [-0.2, -0.15) is 0 Å². The number of sulfone groups is 1. The van der Waals surface area contributed by atoms with Gasteiger partial charge in [-0.1, -0.05) is 35.4 Å². The summed E-state index contributed by atoms with van der Waals surface area (Å²) in [5.41, 5.74) is 9.08. The Hall–Kier alpha value is -1.88. The molecule has 0 aliphatic carbocycles. The topological polar surface area (TPSA) is 60.2 Å². The maximum absolute atomic E-state index is 13.0. The predicted molar refractivity (Wildman–Crippen MR) is 83.1 cm³/mol. The summed E-state index contributed by atoms with van der Waals surface area (Å²) in [4.78, 5) is 0. The van der Waals surface area contributed by atoms with Gasteiger partial charge in [-0.3, -0.25) is 0 Å². The summed E-state index contributed by atoms with van der Waals surface area (Å²) in [6.45, 7) is 3.86. The number of hydrogen-bond acceptors (Lipinski definition) is 3. The molecule has 2 rings (SSSR count). The highest BCUT2D eigenvalue weighted by atomic mass is 32.2. The molecule has 0 radical (unpaired) electrons. The average molecular weight is 307 g/mol.